The number of nitrogens with zero attached hydrogens (tertiary/aromatic N) is 2. The van der Waals surface area contributed by atoms with Gasteiger partial charge in [0.15, 0.2) is 5.78 Å². The van der Waals surface area contributed by atoms with Crippen molar-refractivity contribution in [2.75, 3.05) is 23.9 Å². The SMILES string of the molecule is CN(C(=O)C1=C(N(C)c2ccccc2)OC(=O)CC1=O)c1ccccc1. The van der Waals surface area contributed by atoms with Gasteiger partial charge in [-0.15, -0.1) is 0 Å². The molecule has 2 aromatic carbocycles. The highest BCUT2D eigenvalue weighted by Crippen LogP contribution is 2.27. The zero-order valence-corrected chi connectivity index (χ0v) is 14.5. The van der Waals surface area contributed by atoms with Crippen LogP contribution in [0.3, 0.4) is 0 Å². The van der Waals surface area contributed by atoms with Gasteiger partial charge in [-0.2, -0.15) is 0 Å². The monoisotopic (exact) mass is 350 g/mol. The number of benzene rings is 2. The van der Waals surface area contributed by atoms with E-state index in [0.29, 0.717) is 11.4 Å². The van der Waals surface area contributed by atoms with Crippen LogP contribution in [0.5, 0.6) is 0 Å². The molecular weight excluding hydrogens is 332 g/mol. The Hall–Kier alpha value is -3.41. The molecule has 0 radical (unpaired) electrons. The number of amides is 1. The number of carbonyl (C=O) groups is 3. The maximum Gasteiger partial charge on any atom is 0.320 e. The summed E-state index contributed by atoms with van der Waals surface area (Å²) < 4.78 is 5.29. The first-order valence-electron chi connectivity index (χ1n) is 8.09. The smallest absolute Gasteiger partial charge is 0.320 e. The second-order valence-electron chi connectivity index (χ2n) is 5.85. The predicted octanol–water partition coefficient (Wildman–Crippen LogP) is 2.51. The van der Waals surface area contributed by atoms with E-state index in [9.17, 15) is 14.4 Å². The number of ether oxygens (including phenoxy) is 1. The van der Waals surface area contributed by atoms with Crippen molar-refractivity contribution >= 4 is 29.0 Å². The maximum atomic E-state index is 13.0. The molecule has 1 aliphatic rings. The summed E-state index contributed by atoms with van der Waals surface area (Å²) in [6.07, 6.45) is -0.449. The first-order valence-corrected chi connectivity index (χ1v) is 8.09. The Labute approximate surface area is 151 Å². The van der Waals surface area contributed by atoms with Gasteiger partial charge in [-0.1, -0.05) is 36.4 Å². The third kappa shape index (κ3) is 3.35. The third-order valence-corrected chi connectivity index (χ3v) is 4.12. The van der Waals surface area contributed by atoms with Gasteiger partial charge in [-0.3, -0.25) is 14.4 Å². The molecule has 26 heavy (non-hydrogen) atoms. The minimum absolute atomic E-state index is 0.0507. The number of esters is 1. The topological polar surface area (TPSA) is 66.9 Å². The van der Waals surface area contributed by atoms with Crippen molar-refractivity contribution in [1.29, 1.82) is 0 Å². The van der Waals surface area contributed by atoms with E-state index >= 15 is 0 Å². The number of carbonyl (C=O) groups excluding carboxylic acids is 3. The van der Waals surface area contributed by atoms with E-state index in [2.05, 4.69) is 0 Å². The highest BCUT2D eigenvalue weighted by Gasteiger charge is 2.36. The average Bonchev–Trinajstić information content (AvgIpc) is 2.67. The van der Waals surface area contributed by atoms with Gasteiger partial charge in [0.25, 0.3) is 5.91 Å². The van der Waals surface area contributed by atoms with E-state index in [1.807, 2.05) is 24.3 Å². The Morgan fingerprint density at radius 3 is 2.00 bits per heavy atom. The molecule has 2 aromatic rings. The van der Waals surface area contributed by atoms with E-state index in [0.717, 1.165) is 0 Å². The van der Waals surface area contributed by atoms with Crippen LogP contribution in [0.25, 0.3) is 0 Å². The fourth-order valence-corrected chi connectivity index (χ4v) is 2.69. The van der Waals surface area contributed by atoms with Crippen molar-refractivity contribution in [3.63, 3.8) is 0 Å². The van der Waals surface area contributed by atoms with Crippen LogP contribution in [-0.2, 0) is 19.1 Å². The summed E-state index contributed by atoms with van der Waals surface area (Å²) in [6, 6.07) is 18.0. The van der Waals surface area contributed by atoms with Crippen molar-refractivity contribution in [2.24, 2.45) is 0 Å². The summed E-state index contributed by atoms with van der Waals surface area (Å²) in [7, 11) is 3.22. The lowest BCUT2D eigenvalue weighted by atomic mass is 10.0. The lowest BCUT2D eigenvalue weighted by Gasteiger charge is -2.28. The van der Waals surface area contributed by atoms with Gasteiger partial charge in [0.1, 0.15) is 12.0 Å². The largest absolute Gasteiger partial charge is 0.408 e. The summed E-state index contributed by atoms with van der Waals surface area (Å²) in [5.74, 6) is -1.80. The molecule has 6 nitrogen and oxygen atoms in total. The lowest BCUT2D eigenvalue weighted by Crippen LogP contribution is -2.39. The molecule has 0 aliphatic carbocycles. The molecule has 0 N–H and O–H groups in total. The highest BCUT2D eigenvalue weighted by atomic mass is 16.6. The molecule has 132 valence electrons. The number of cyclic esters (lactones) is 1. The van der Waals surface area contributed by atoms with Crippen LogP contribution in [0.15, 0.2) is 72.1 Å². The summed E-state index contributed by atoms with van der Waals surface area (Å²) in [5.41, 5.74) is 1.19. The Morgan fingerprint density at radius 2 is 1.42 bits per heavy atom. The molecule has 0 saturated heterocycles. The van der Waals surface area contributed by atoms with Crippen molar-refractivity contribution < 1.29 is 19.1 Å². The molecule has 6 heteroatoms. The number of ketones is 1. The second kappa shape index (κ2) is 7.23. The molecule has 0 atom stereocenters. The molecule has 0 unspecified atom stereocenters. The van der Waals surface area contributed by atoms with Crippen molar-refractivity contribution in [3.05, 3.63) is 72.1 Å². The van der Waals surface area contributed by atoms with Gasteiger partial charge in [-0.05, 0) is 24.3 Å². The minimum atomic E-state index is -0.674. The zero-order chi connectivity index (χ0) is 18.7. The van der Waals surface area contributed by atoms with Gasteiger partial charge in [0.2, 0.25) is 5.88 Å². The molecule has 3 rings (SSSR count). The molecule has 1 amide bonds. The summed E-state index contributed by atoms with van der Waals surface area (Å²) in [5, 5.41) is 0. The number of para-hydroxylation sites is 2. The summed E-state index contributed by atoms with van der Waals surface area (Å²) in [6.45, 7) is 0. The Morgan fingerprint density at radius 1 is 0.885 bits per heavy atom. The zero-order valence-electron chi connectivity index (χ0n) is 14.5. The predicted molar refractivity (Wildman–Crippen MR) is 97.4 cm³/mol. The maximum absolute atomic E-state index is 13.0. The summed E-state index contributed by atoms with van der Waals surface area (Å²) in [4.78, 5) is 40.2. The molecule has 0 spiro atoms. The van der Waals surface area contributed by atoms with Gasteiger partial charge in [0.05, 0.1) is 0 Å². The van der Waals surface area contributed by atoms with E-state index < -0.39 is 24.1 Å². The van der Waals surface area contributed by atoms with Gasteiger partial charge in [0, 0.05) is 25.5 Å². The number of Topliss-reactive ketones (excluding diaryl/α,β-unsaturated/α-hetero) is 1. The van der Waals surface area contributed by atoms with Gasteiger partial charge < -0.3 is 14.5 Å². The number of rotatable bonds is 4. The van der Waals surface area contributed by atoms with E-state index in [4.69, 9.17) is 4.74 Å². The Bertz CT molecular complexity index is 875. The van der Waals surface area contributed by atoms with Crippen molar-refractivity contribution in [2.45, 2.75) is 6.42 Å². The van der Waals surface area contributed by atoms with Crippen LogP contribution >= 0.6 is 0 Å². The first kappa shape index (κ1) is 17.4. The molecule has 0 fully saturated rings. The average molecular weight is 350 g/mol. The van der Waals surface area contributed by atoms with Crippen LogP contribution in [0.2, 0.25) is 0 Å². The van der Waals surface area contributed by atoms with Crippen LogP contribution in [-0.4, -0.2) is 31.8 Å². The van der Waals surface area contributed by atoms with Crippen LogP contribution in [0.4, 0.5) is 11.4 Å². The lowest BCUT2D eigenvalue weighted by molar-refractivity contribution is -0.144. The number of anilines is 2. The van der Waals surface area contributed by atoms with E-state index in [1.165, 1.54) is 9.80 Å². The Kier molecular flexibility index (Phi) is 4.84. The number of hydrogen-bond donors (Lipinski definition) is 0. The summed E-state index contributed by atoms with van der Waals surface area (Å²) >= 11 is 0. The quantitative estimate of drug-likeness (QED) is 0.482. The van der Waals surface area contributed by atoms with E-state index in [1.54, 1.807) is 50.5 Å². The van der Waals surface area contributed by atoms with Crippen LogP contribution < -0.4 is 9.80 Å². The van der Waals surface area contributed by atoms with Gasteiger partial charge >= 0.3 is 5.97 Å². The number of hydrogen-bond acceptors (Lipinski definition) is 5. The molecule has 1 aliphatic heterocycles. The minimum Gasteiger partial charge on any atom is -0.408 e. The second-order valence-corrected chi connectivity index (χ2v) is 5.85. The van der Waals surface area contributed by atoms with Crippen molar-refractivity contribution in [3.8, 4) is 0 Å². The molecule has 0 aromatic heterocycles. The molecule has 0 saturated carbocycles. The normalized spacial score (nSPS) is 14.1. The third-order valence-electron chi connectivity index (χ3n) is 4.12. The van der Waals surface area contributed by atoms with Crippen LogP contribution in [0, 0.1) is 0 Å². The fourth-order valence-electron chi connectivity index (χ4n) is 2.69. The standard InChI is InChI=1S/C20H18N2O4/c1-21(14-9-5-3-6-10-14)19(25)18-16(23)13-17(24)26-20(18)22(2)15-11-7-4-8-12-15/h3-12H,13H2,1-2H3. The Balaban J connectivity index is 2.04. The number of likely N-dealkylation sites (N-methyl/N-ethyl adjacent to an activating group) is 1. The highest BCUT2D eigenvalue weighted by molar-refractivity contribution is 6.28. The van der Waals surface area contributed by atoms with Gasteiger partial charge in [-0.25, -0.2) is 0 Å². The molecular formula is C20H18N2O4. The fraction of sp³-hybridized carbons (Fsp3) is 0.150. The molecule has 1 heterocycles. The van der Waals surface area contributed by atoms with Crippen LogP contribution in [0.1, 0.15) is 6.42 Å². The van der Waals surface area contributed by atoms with Crippen molar-refractivity contribution in [1.82, 2.24) is 0 Å². The molecule has 0 bridgehead atoms. The van der Waals surface area contributed by atoms with E-state index in [-0.39, 0.29) is 11.5 Å². The first-order chi connectivity index (χ1) is 12.5.